The first-order valence-corrected chi connectivity index (χ1v) is 17.3. The van der Waals surface area contributed by atoms with Gasteiger partial charge in [-0.2, -0.15) is 0 Å². The Hall–Kier alpha value is -6.19. The molecule has 0 saturated heterocycles. The van der Waals surface area contributed by atoms with E-state index in [1.165, 1.54) is 39.4 Å². The summed E-state index contributed by atoms with van der Waals surface area (Å²) in [5, 5.41) is 7.96. The summed E-state index contributed by atoms with van der Waals surface area (Å²) in [4.78, 5) is 5.36. The largest absolute Gasteiger partial charge is 0.247 e. The molecule has 242 valence electrons. The van der Waals surface area contributed by atoms with Gasteiger partial charge in [-0.1, -0.05) is 111 Å². The average Bonchev–Trinajstić information content (AvgIpc) is 3.39. The fraction of sp³-hybridized carbons (Fsp3) is 0.0625. The lowest BCUT2D eigenvalue weighted by Gasteiger charge is -2.22. The first kappa shape index (κ1) is 29.7. The molecule has 0 aliphatic heterocycles. The number of pyridine rings is 1. The van der Waals surface area contributed by atoms with Crippen LogP contribution in [0.2, 0.25) is 0 Å². The van der Waals surface area contributed by atoms with Gasteiger partial charge < -0.3 is 0 Å². The molecule has 1 heterocycles. The summed E-state index contributed by atoms with van der Waals surface area (Å²) in [5.74, 6) is -0.474. The van der Waals surface area contributed by atoms with Crippen molar-refractivity contribution in [1.29, 1.82) is 0 Å². The molecule has 8 aromatic carbocycles. The van der Waals surface area contributed by atoms with E-state index in [4.69, 9.17) is 4.98 Å². The highest BCUT2D eigenvalue weighted by atomic mass is 19.1. The Morgan fingerprint density at radius 3 is 1.65 bits per heavy atom. The highest BCUT2D eigenvalue weighted by Gasteiger charge is 2.36. The van der Waals surface area contributed by atoms with Gasteiger partial charge in [0.2, 0.25) is 0 Å². The first-order chi connectivity index (χ1) is 24.8. The van der Waals surface area contributed by atoms with E-state index in [-0.39, 0.29) is 17.0 Å². The van der Waals surface area contributed by atoms with Crippen LogP contribution in [0.1, 0.15) is 25.0 Å². The van der Waals surface area contributed by atoms with E-state index in [1.54, 1.807) is 12.1 Å². The minimum absolute atomic E-state index is 0.202. The molecular formula is C48H31F2N. The number of nitrogens with zero attached hydrogens (tertiary/aromatic N) is 1. The summed E-state index contributed by atoms with van der Waals surface area (Å²) in [5.41, 5.74) is 11.2. The van der Waals surface area contributed by atoms with E-state index in [1.807, 2.05) is 18.2 Å². The van der Waals surface area contributed by atoms with Gasteiger partial charge in [0.05, 0.1) is 11.2 Å². The summed E-state index contributed by atoms with van der Waals surface area (Å²) >= 11 is 0. The highest BCUT2D eigenvalue weighted by Crippen LogP contribution is 2.50. The second kappa shape index (κ2) is 10.9. The standard InChI is InChI=1S/C48H31F2N/c1-48(2)42-25-31(16-21-37(42)38-23-20-34(50)27-43(38)48)29-8-7-9-30(24-29)32-17-22-41-44(26-32)51-47(28-14-18-33(49)19-15-28)46-40-13-6-4-11-36(40)35-10-3-5-12-39(35)45(41)46/h3-27H,1-2H3. The highest BCUT2D eigenvalue weighted by molar-refractivity contribution is 6.33. The van der Waals surface area contributed by atoms with E-state index < -0.39 is 0 Å². The van der Waals surface area contributed by atoms with Gasteiger partial charge in [0.15, 0.2) is 0 Å². The maximum absolute atomic E-state index is 14.3. The Bertz CT molecular complexity index is 2900. The van der Waals surface area contributed by atoms with Crippen LogP contribution >= 0.6 is 0 Å². The van der Waals surface area contributed by atoms with Gasteiger partial charge in [-0.25, -0.2) is 13.8 Å². The first-order valence-electron chi connectivity index (χ1n) is 17.3. The fourth-order valence-corrected chi connectivity index (χ4v) is 8.44. The number of hydrogen-bond donors (Lipinski definition) is 0. The topological polar surface area (TPSA) is 12.9 Å². The molecule has 1 aliphatic rings. The molecule has 1 aromatic heterocycles. The third kappa shape index (κ3) is 4.48. The summed E-state index contributed by atoms with van der Waals surface area (Å²) in [6.45, 7) is 4.35. The van der Waals surface area contributed by atoms with Gasteiger partial charge >= 0.3 is 0 Å². The van der Waals surface area contributed by atoms with Crippen LogP contribution in [-0.2, 0) is 5.41 Å². The number of halogens is 2. The molecule has 3 heteroatoms. The molecule has 0 unspecified atom stereocenters. The van der Waals surface area contributed by atoms with Crippen molar-refractivity contribution >= 4 is 43.2 Å². The monoisotopic (exact) mass is 659 g/mol. The van der Waals surface area contributed by atoms with Crippen LogP contribution in [-0.4, -0.2) is 4.98 Å². The number of aromatic nitrogens is 1. The van der Waals surface area contributed by atoms with Gasteiger partial charge in [-0.3, -0.25) is 0 Å². The molecule has 0 bridgehead atoms. The number of benzene rings is 8. The molecule has 1 nitrogen and oxygen atoms in total. The van der Waals surface area contributed by atoms with Crippen molar-refractivity contribution in [1.82, 2.24) is 4.98 Å². The normalized spacial score (nSPS) is 13.3. The predicted molar refractivity (Wildman–Crippen MR) is 208 cm³/mol. The summed E-state index contributed by atoms with van der Waals surface area (Å²) in [6.07, 6.45) is 0. The van der Waals surface area contributed by atoms with E-state index in [0.29, 0.717) is 0 Å². The molecule has 10 rings (SSSR count). The van der Waals surface area contributed by atoms with Crippen LogP contribution in [0.4, 0.5) is 8.78 Å². The van der Waals surface area contributed by atoms with E-state index in [0.717, 1.165) is 71.7 Å². The van der Waals surface area contributed by atoms with Gasteiger partial charge in [0.1, 0.15) is 11.6 Å². The molecule has 51 heavy (non-hydrogen) atoms. The van der Waals surface area contributed by atoms with Crippen molar-refractivity contribution < 1.29 is 8.78 Å². The van der Waals surface area contributed by atoms with Crippen LogP contribution in [0.3, 0.4) is 0 Å². The SMILES string of the molecule is CC1(C)c2cc(F)ccc2-c2ccc(-c3cccc(-c4ccc5c(c4)nc(-c4ccc(F)cc4)c4c6ccccc6c6ccccc6c54)c3)cc21. The molecule has 1 aliphatic carbocycles. The number of hydrogen-bond acceptors (Lipinski definition) is 1. The van der Waals surface area contributed by atoms with Crippen molar-refractivity contribution in [3.05, 3.63) is 174 Å². The molecular weight excluding hydrogens is 629 g/mol. The van der Waals surface area contributed by atoms with Crippen LogP contribution in [0, 0.1) is 11.6 Å². The molecule has 0 amide bonds. The molecule has 0 radical (unpaired) electrons. The Labute approximate surface area is 294 Å². The number of fused-ring (bicyclic) bond motifs is 11. The van der Waals surface area contributed by atoms with Gasteiger partial charge in [0.25, 0.3) is 0 Å². The third-order valence-corrected chi connectivity index (χ3v) is 11.0. The molecule has 0 fully saturated rings. The van der Waals surface area contributed by atoms with Gasteiger partial charge in [0, 0.05) is 27.1 Å². The molecule has 0 spiro atoms. The Balaban J connectivity index is 1.16. The third-order valence-electron chi connectivity index (χ3n) is 11.0. The fourth-order valence-electron chi connectivity index (χ4n) is 8.44. The lowest BCUT2D eigenvalue weighted by molar-refractivity contribution is 0.609. The Morgan fingerprint density at radius 2 is 0.941 bits per heavy atom. The lowest BCUT2D eigenvalue weighted by atomic mass is 9.81. The molecule has 0 N–H and O–H groups in total. The Morgan fingerprint density at radius 1 is 0.412 bits per heavy atom. The van der Waals surface area contributed by atoms with Crippen molar-refractivity contribution in [3.63, 3.8) is 0 Å². The van der Waals surface area contributed by atoms with Crippen LogP contribution in [0.5, 0.6) is 0 Å². The van der Waals surface area contributed by atoms with Crippen molar-refractivity contribution in [2.24, 2.45) is 0 Å². The lowest BCUT2D eigenvalue weighted by Crippen LogP contribution is -2.15. The summed E-state index contributed by atoms with van der Waals surface area (Å²) < 4.78 is 28.5. The Kier molecular flexibility index (Phi) is 6.35. The molecule has 9 aromatic rings. The maximum atomic E-state index is 14.3. The molecule has 0 atom stereocenters. The smallest absolute Gasteiger partial charge is 0.123 e. The zero-order valence-corrected chi connectivity index (χ0v) is 28.1. The summed E-state index contributed by atoms with van der Waals surface area (Å²) in [7, 11) is 0. The minimum Gasteiger partial charge on any atom is -0.247 e. The second-order valence-corrected chi connectivity index (χ2v) is 14.2. The van der Waals surface area contributed by atoms with E-state index in [9.17, 15) is 8.78 Å². The minimum atomic E-state index is -0.301. The van der Waals surface area contributed by atoms with E-state index >= 15 is 0 Å². The van der Waals surface area contributed by atoms with Crippen LogP contribution < -0.4 is 0 Å². The second-order valence-electron chi connectivity index (χ2n) is 14.2. The molecule has 0 saturated carbocycles. The number of rotatable bonds is 3. The average molecular weight is 660 g/mol. The van der Waals surface area contributed by atoms with Crippen molar-refractivity contribution in [2.45, 2.75) is 19.3 Å². The van der Waals surface area contributed by atoms with Crippen molar-refractivity contribution in [3.8, 4) is 44.6 Å². The van der Waals surface area contributed by atoms with Crippen molar-refractivity contribution in [2.75, 3.05) is 0 Å². The maximum Gasteiger partial charge on any atom is 0.123 e. The quantitative estimate of drug-likeness (QED) is 0.172. The van der Waals surface area contributed by atoms with E-state index in [2.05, 4.69) is 123 Å². The predicted octanol–water partition coefficient (Wildman–Crippen LogP) is 13.3. The van der Waals surface area contributed by atoms with Crippen LogP contribution in [0.25, 0.3) is 87.9 Å². The van der Waals surface area contributed by atoms with Gasteiger partial charge in [-0.15, -0.1) is 0 Å². The van der Waals surface area contributed by atoms with Gasteiger partial charge in [-0.05, 0) is 121 Å². The zero-order chi connectivity index (χ0) is 34.4. The van der Waals surface area contributed by atoms with Crippen LogP contribution in [0.15, 0.2) is 152 Å². The zero-order valence-electron chi connectivity index (χ0n) is 28.1. The summed E-state index contributed by atoms with van der Waals surface area (Å²) in [6, 6.07) is 50.7.